The van der Waals surface area contributed by atoms with Gasteiger partial charge < -0.3 is 16.0 Å². The van der Waals surface area contributed by atoms with Crippen LogP contribution in [0, 0.1) is 0 Å². The third-order valence-electron chi connectivity index (χ3n) is 4.15. The van der Waals surface area contributed by atoms with Crippen LogP contribution in [-0.4, -0.2) is 34.3 Å². The number of anilines is 4. The van der Waals surface area contributed by atoms with Crippen LogP contribution in [0.3, 0.4) is 0 Å². The smallest absolute Gasteiger partial charge is 0.221 e. The van der Waals surface area contributed by atoms with Gasteiger partial charge in [-0.25, -0.2) is 4.98 Å². The van der Waals surface area contributed by atoms with Gasteiger partial charge in [-0.2, -0.15) is 10.1 Å². The molecule has 130 valence electrons. The van der Waals surface area contributed by atoms with E-state index in [1.807, 2.05) is 32.3 Å². The second kappa shape index (κ2) is 6.36. The van der Waals surface area contributed by atoms with Gasteiger partial charge in [-0.05, 0) is 36.4 Å². The molecule has 0 unspecified atom stereocenters. The molecule has 0 aliphatic heterocycles. The number of rotatable bonds is 4. The van der Waals surface area contributed by atoms with Crippen molar-refractivity contribution in [1.29, 1.82) is 0 Å². The highest BCUT2D eigenvalue weighted by Crippen LogP contribution is 2.31. The van der Waals surface area contributed by atoms with Gasteiger partial charge in [0.1, 0.15) is 11.5 Å². The van der Waals surface area contributed by atoms with E-state index in [1.165, 1.54) is 0 Å². The molecule has 0 saturated carbocycles. The molecule has 26 heavy (non-hydrogen) atoms. The zero-order chi connectivity index (χ0) is 18.1. The van der Waals surface area contributed by atoms with Crippen molar-refractivity contribution < 1.29 is 0 Å². The summed E-state index contributed by atoms with van der Waals surface area (Å²) in [6, 6.07) is 16.1. The predicted molar refractivity (Wildman–Crippen MR) is 106 cm³/mol. The van der Waals surface area contributed by atoms with Gasteiger partial charge in [-0.3, -0.25) is 5.10 Å². The minimum atomic E-state index is 0.237. The molecule has 0 fully saturated rings. The first-order chi connectivity index (χ1) is 12.6. The standard InChI is InChI=1S/C19H19N7/c1-26(2)14-5-3-4-12(10-14)18-15-11-13(6-7-16(15)24-25-18)22-17-8-9-21-19(20)23-17/h3-11H,1-2H3,(H,24,25)(H3,20,21,22,23). The molecule has 0 atom stereocenters. The Kier molecular flexibility index (Phi) is 3.89. The molecule has 4 aromatic rings. The number of fused-ring (bicyclic) bond motifs is 1. The van der Waals surface area contributed by atoms with Crippen LogP contribution < -0.4 is 16.0 Å². The molecular formula is C19H19N7. The van der Waals surface area contributed by atoms with Gasteiger partial charge in [0, 0.05) is 42.6 Å². The zero-order valence-corrected chi connectivity index (χ0v) is 14.6. The number of hydrogen-bond donors (Lipinski definition) is 3. The monoisotopic (exact) mass is 345 g/mol. The number of aromatic nitrogens is 4. The maximum atomic E-state index is 5.64. The van der Waals surface area contributed by atoms with Crippen molar-refractivity contribution in [3.05, 3.63) is 54.7 Å². The first-order valence-corrected chi connectivity index (χ1v) is 8.21. The van der Waals surface area contributed by atoms with Crippen LogP contribution in [0.5, 0.6) is 0 Å². The summed E-state index contributed by atoms with van der Waals surface area (Å²) in [4.78, 5) is 10.2. The molecule has 0 radical (unpaired) electrons. The zero-order valence-electron chi connectivity index (χ0n) is 14.6. The molecule has 0 aliphatic carbocycles. The Morgan fingerprint density at radius 1 is 1.08 bits per heavy atom. The molecule has 0 spiro atoms. The average molecular weight is 345 g/mol. The Bertz CT molecular complexity index is 1070. The van der Waals surface area contributed by atoms with Crippen molar-refractivity contribution in [2.75, 3.05) is 30.0 Å². The van der Waals surface area contributed by atoms with Crippen molar-refractivity contribution in [1.82, 2.24) is 20.2 Å². The molecule has 2 heterocycles. The molecule has 7 nitrogen and oxygen atoms in total. The third kappa shape index (κ3) is 3.02. The van der Waals surface area contributed by atoms with Crippen LogP contribution >= 0.6 is 0 Å². The molecule has 0 bridgehead atoms. The van der Waals surface area contributed by atoms with Gasteiger partial charge in [-0.15, -0.1) is 0 Å². The number of aromatic amines is 1. The average Bonchev–Trinajstić information content (AvgIpc) is 3.05. The van der Waals surface area contributed by atoms with E-state index in [-0.39, 0.29) is 5.95 Å². The quantitative estimate of drug-likeness (QED) is 0.524. The van der Waals surface area contributed by atoms with E-state index >= 15 is 0 Å². The van der Waals surface area contributed by atoms with Crippen LogP contribution in [0.15, 0.2) is 54.7 Å². The van der Waals surface area contributed by atoms with E-state index < -0.39 is 0 Å². The summed E-state index contributed by atoms with van der Waals surface area (Å²) < 4.78 is 0. The van der Waals surface area contributed by atoms with Gasteiger partial charge in [0.25, 0.3) is 0 Å². The SMILES string of the molecule is CN(C)c1cccc(-c2n[nH]c3ccc(Nc4ccnc(N)n4)cc23)c1. The summed E-state index contributed by atoms with van der Waals surface area (Å²) in [6.45, 7) is 0. The van der Waals surface area contributed by atoms with Gasteiger partial charge in [0.05, 0.1) is 5.52 Å². The van der Waals surface area contributed by atoms with E-state index in [1.54, 1.807) is 12.3 Å². The Hall–Kier alpha value is -3.61. The van der Waals surface area contributed by atoms with Crippen LogP contribution in [0.2, 0.25) is 0 Å². The normalized spacial score (nSPS) is 10.8. The van der Waals surface area contributed by atoms with Gasteiger partial charge >= 0.3 is 0 Å². The summed E-state index contributed by atoms with van der Waals surface area (Å²) in [5, 5.41) is 11.9. The summed E-state index contributed by atoms with van der Waals surface area (Å²) in [5.41, 5.74) is 10.6. The van der Waals surface area contributed by atoms with Gasteiger partial charge in [0.2, 0.25) is 5.95 Å². The summed E-state index contributed by atoms with van der Waals surface area (Å²) in [5.74, 6) is 0.886. The fourth-order valence-corrected chi connectivity index (χ4v) is 2.83. The Balaban J connectivity index is 1.74. The largest absolute Gasteiger partial charge is 0.378 e. The Morgan fingerprint density at radius 3 is 2.77 bits per heavy atom. The molecular weight excluding hydrogens is 326 g/mol. The lowest BCUT2D eigenvalue weighted by molar-refractivity contribution is 1.11. The number of benzene rings is 2. The number of nitrogen functional groups attached to an aromatic ring is 1. The van der Waals surface area contributed by atoms with E-state index in [0.29, 0.717) is 5.82 Å². The minimum Gasteiger partial charge on any atom is -0.378 e. The first kappa shape index (κ1) is 15.9. The highest BCUT2D eigenvalue weighted by atomic mass is 15.1. The van der Waals surface area contributed by atoms with Crippen LogP contribution in [0.1, 0.15) is 0 Å². The molecule has 7 heteroatoms. The number of nitrogens with two attached hydrogens (primary N) is 1. The summed E-state index contributed by atoms with van der Waals surface area (Å²) in [7, 11) is 4.05. The van der Waals surface area contributed by atoms with E-state index in [4.69, 9.17) is 5.73 Å². The van der Waals surface area contributed by atoms with Crippen molar-refractivity contribution >= 4 is 34.0 Å². The Morgan fingerprint density at radius 2 is 1.96 bits per heavy atom. The summed E-state index contributed by atoms with van der Waals surface area (Å²) >= 11 is 0. The maximum Gasteiger partial charge on any atom is 0.221 e. The highest BCUT2D eigenvalue weighted by molar-refractivity contribution is 5.95. The lowest BCUT2D eigenvalue weighted by Gasteiger charge is -2.13. The number of nitrogens with zero attached hydrogens (tertiary/aromatic N) is 4. The summed E-state index contributed by atoms with van der Waals surface area (Å²) in [6.07, 6.45) is 1.62. The van der Waals surface area contributed by atoms with Crippen molar-refractivity contribution in [3.8, 4) is 11.3 Å². The molecule has 2 aromatic carbocycles. The fourth-order valence-electron chi connectivity index (χ4n) is 2.83. The van der Waals surface area contributed by atoms with Gasteiger partial charge in [0.15, 0.2) is 0 Å². The molecule has 2 aromatic heterocycles. The van der Waals surface area contributed by atoms with E-state index in [0.717, 1.165) is 33.5 Å². The Labute approximate surface area is 150 Å². The highest BCUT2D eigenvalue weighted by Gasteiger charge is 2.10. The number of nitrogens with one attached hydrogen (secondary N) is 2. The fraction of sp³-hybridized carbons (Fsp3) is 0.105. The number of H-pyrrole nitrogens is 1. The van der Waals surface area contributed by atoms with E-state index in [9.17, 15) is 0 Å². The van der Waals surface area contributed by atoms with Crippen LogP contribution in [0.4, 0.5) is 23.1 Å². The lowest BCUT2D eigenvalue weighted by Crippen LogP contribution is -2.08. The van der Waals surface area contributed by atoms with Gasteiger partial charge in [-0.1, -0.05) is 12.1 Å². The minimum absolute atomic E-state index is 0.237. The molecule has 0 aliphatic rings. The van der Waals surface area contributed by atoms with E-state index in [2.05, 4.69) is 54.6 Å². The van der Waals surface area contributed by atoms with Crippen LogP contribution in [0.25, 0.3) is 22.2 Å². The van der Waals surface area contributed by atoms with Crippen molar-refractivity contribution in [2.24, 2.45) is 0 Å². The third-order valence-corrected chi connectivity index (χ3v) is 4.15. The predicted octanol–water partition coefficient (Wildman–Crippen LogP) is 3.41. The maximum absolute atomic E-state index is 5.64. The first-order valence-electron chi connectivity index (χ1n) is 8.21. The lowest BCUT2D eigenvalue weighted by atomic mass is 10.1. The number of hydrogen-bond acceptors (Lipinski definition) is 6. The topological polar surface area (TPSA) is 95.8 Å². The molecule has 4 N–H and O–H groups in total. The molecule has 0 saturated heterocycles. The second-order valence-corrected chi connectivity index (χ2v) is 6.20. The van der Waals surface area contributed by atoms with Crippen molar-refractivity contribution in [2.45, 2.75) is 0 Å². The van der Waals surface area contributed by atoms with Crippen molar-refractivity contribution in [3.63, 3.8) is 0 Å². The molecule has 0 amide bonds. The molecule has 4 rings (SSSR count). The van der Waals surface area contributed by atoms with Crippen LogP contribution in [-0.2, 0) is 0 Å². The second-order valence-electron chi connectivity index (χ2n) is 6.20.